The zero-order valence-electron chi connectivity index (χ0n) is 4.95. The summed E-state index contributed by atoms with van der Waals surface area (Å²) in [5.41, 5.74) is 0. The molecular formula is C6H8O2S. The number of rotatable bonds is 3. The summed E-state index contributed by atoms with van der Waals surface area (Å²) >= 11 is 0. The highest BCUT2D eigenvalue weighted by molar-refractivity contribution is 7.97. The molecule has 0 rings (SSSR count). The normalized spacial score (nSPS) is 11.6. The Morgan fingerprint density at radius 1 is 1.22 bits per heavy atom. The van der Waals surface area contributed by atoms with Crippen molar-refractivity contribution in [3.8, 4) is 0 Å². The second-order valence-corrected chi connectivity index (χ2v) is 3.10. The first-order valence-corrected chi connectivity index (χ1v) is 3.90. The van der Waals surface area contributed by atoms with Crippen LogP contribution in [-0.4, -0.2) is 8.42 Å². The Kier molecular flexibility index (Phi) is 2.95. The van der Waals surface area contributed by atoms with Crippen LogP contribution < -0.4 is 0 Å². The quantitative estimate of drug-likeness (QED) is 0.558. The van der Waals surface area contributed by atoms with Gasteiger partial charge in [-0.15, -0.1) is 0 Å². The third kappa shape index (κ3) is 3.73. The molecule has 50 valence electrons. The van der Waals surface area contributed by atoms with Gasteiger partial charge in [-0.25, -0.2) is 8.42 Å². The molecule has 0 atom stereocenters. The van der Waals surface area contributed by atoms with Gasteiger partial charge in [0.25, 0.3) is 0 Å². The van der Waals surface area contributed by atoms with Gasteiger partial charge in [0.2, 0.25) is 0 Å². The summed E-state index contributed by atoms with van der Waals surface area (Å²) in [6.45, 7) is 6.42. The summed E-state index contributed by atoms with van der Waals surface area (Å²) in [6.07, 6.45) is 2.73. The minimum Gasteiger partial charge on any atom is -0.220 e. The molecule has 0 aliphatic rings. The van der Waals surface area contributed by atoms with Gasteiger partial charge in [0.15, 0.2) is 9.84 Å². The van der Waals surface area contributed by atoms with Gasteiger partial charge in [0, 0.05) is 10.8 Å². The van der Waals surface area contributed by atoms with Gasteiger partial charge in [-0.2, -0.15) is 0 Å². The van der Waals surface area contributed by atoms with Crippen LogP contribution >= 0.6 is 0 Å². The van der Waals surface area contributed by atoms with Crippen LogP contribution in [0.3, 0.4) is 0 Å². The minimum absolute atomic E-state index is 0.882. The summed E-state index contributed by atoms with van der Waals surface area (Å²) in [6, 6.07) is 0. The highest BCUT2D eigenvalue weighted by Gasteiger charge is 1.92. The van der Waals surface area contributed by atoms with Crippen LogP contribution in [0.1, 0.15) is 0 Å². The van der Waals surface area contributed by atoms with Gasteiger partial charge in [-0.3, -0.25) is 0 Å². The Hall–Kier alpha value is -0.830. The van der Waals surface area contributed by atoms with Crippen LogP contribution in [0, 0.1) is 0 Å². The number of hydrogen-bond acceptors (Lipinski definition) is 2. The molecule has 0 heterocycles. The molecule has 0 N–H and O–H groups in total. The average molecular weight is 144 g/mol. The molecule has 0 aliphatic carbocycles. The van der Waals surface area contributed by atoms with Gasteiger partial charge in [-0.1, -0.05) is 25.3 Å². The minimum atomic E-state index is -3.17. The van der Waals surface area contributed by atoms with Crippen LogP contribution in [0.4, 0.5) is 0 Å². The summed E-state index contributed by atoms with van der Waals surface area (Å²) in [5.74, 6) is 0. The Bertz CT molecular complexity index is 221. The topological polar surface area (TPSA) is 34.1 Å². The van der Waals surface area contributed by atoms with E-state index in [2.05, 4.69) is 13.2 Å². The van der Waals surface area contributed by atoms with Crippen molar-refractivity contribution in [1.82, 2.24) is 0 Å². The number of sulfone groups is 1. The zero-order chi connectivity index (χ0) is 7.33. The third-order valence-corrected chi connectivity index (χ3v) is 1.64. The van der Waals surface area contributed by atoms with Gasteiger partial charge < -0.3 is 0 Å². The fourth-order valence-electron chi connectivity index (χ4n) is 0.221. The largest absolute Gasteiger partial charge is 0.220 e. The van der Waals surface area contributed by atoms with Crippen molar-refractivity contribution in [2.24, 2.45) is 0 Å². The van der Waals surface area contributed by atoms with E-state index in [0.29, 0.717) is 0 Å². The first-order chi connectivity index (χ1) is 4.12. The molecule has 0 aromatic carbocycles. The van der Waals surface area contributed by atoms with Crippen molar-refractivity contribution >= 4 is 9.84 Å². The molecule has 0 saturated carbocycles. The van der Waals surface area contributed by atoms with Crippen molar-refractivity contribution in [2.75, 3.05) is 0 Å². The highest BCUT2D eigenvalue weighted by atomic mass is 32.2. The second kappa shape index (κ2) is 3.25. The molecule has 0 radical (unpaired) electrons. The fourth-order valence-corrected chi connectivity index (χ4v) is 0.662. The summed E-state index contributed by atoms with van der Waals surface area (Å²) in [4.78, 5) is 0. The lowest BCUT2D eigenvalue weighted by Gasteiger charge is -1.81. The van der Waals surface area contributed by atoms with E-state index in [1.807, 2.05) is 0 Å². The molecule has 0 saturated heterocycles. The Morgan fingerprint density at radius 2 is 1.78 bits per heavy atom. The predicted octanol–water partition coefficient (Wildman–Crippen LogP) is 1.24. The molecule has 0 bridgehead atoms. The van der Waals surface area contributed by atoms with Crippen molar-refractivity contribution in [3.05, 3.63) is 36.1 Å². The Morgan fingerprint density at radius 3 is 2.11 bits per heavy atom. The summed E-state index contributed by atoms with van der Waals surface area (Å²) in [5, 5.41) is 1.92. The SMILES string of the molecule is C=CC=CS(=O)(=O)C=C. The van der Waals surface area contributed by atoms with Crippen molar-refractivity contribution < 1.29 is 8.42 Å². The first kappa shape index (κ1) is 8.17. The fraction of sp³-hybridized carbons (Fsp3) is 0. The van der Waals surface area contributed by atoms with Crippen LogP contribution in [-0.2, 0) is 9.84 Å². The molecular weight excluding hydrogens is 136 g/mol. The van der Waals surface area contributed by atoms with Gasteiger partial charge in [0.05, 0.1) is 0 Å². The van der Waals surface area contributed by atoms with E-state index in [-0.39, 0.29) is 0 Å². The van der Waals surface area contributed by atoms with Crippen molar-refractivity contribution in [2.45, 2.75) is 0 Å². The summed E-state index contributed by atoms with van der Waals surface area (Å²) in [7, 11) is -3.17. The zero-order valence-corrected chi connectivity index (χ0v) is 5.76. The first-order valence-electron chi connectivity index (χ1n) is 2.29. The second-order valence-electron chi connectivity index (χ2n) is 1.32. The van der Waals surface area contributed by atoms with E-state index in [0.717, 1.165) is 10.8 Å². The highest BCUT2D eigenvalue weighted by Crippen LogP contribution is 1.91. The van der Waals surface area contributed by atoms with Gasteiger partial charge >= 0.3 is 0 Å². The lowest BCUT2D eigenvalue weighted by Crippen LogP contribution is -1.84. The molecule has 0 spiro atoms. The van der Waals surface area contributed by atoms with Crippen LogP contribution in [0.15, 0.2) is 36.1 Å². The van der Waals surface area contributed by atoms with Crippen molar-refractivity contribution in [3.63, 3.8) is 0 Å². The monoisotopic (exact) mass is 144 g/mol. The number of allylic oxidation sites excluding steroid dienone is 2. The maximum Gasteiger partial charge on any atom is 0.192 e. The summed E-state index contributed by atoms with van der Waals surface area (Å²) < 4.78 is 21.0. The van der Waals surface area contributed by atoms with Crippen molar-refractivity contribution in [1.29, 1.82) is 0 Å². The molecule has 0 amide bonds. The molecule has 9 heavy (non-hydrogen) atoms. The predicted molar refractivity (Wildman–Crippen MR) is 38.5 cm³/mol. The number of hydrogen-bond donors (Lipinski definition) is 0. The Labute approximate surface area is 55.1 Å². The molecule has 0 unspecified atom stereocenters. The van der Waals surface area contributed by atoms with Gasteiger partial charge in [-0.05, 0) is 0 Å². The molecule has 2 nitrogen and oxygen atoms in total. The van der Waals surface area contributed by atoms with Crippen LogP contribution in [0.2, 0.25) is 0 Å². The molecule has 3 heteroatoms. The smallest absolute Gasteiger partial charge is 0.192 e. The Balaban J connectivity index is 4.39. The standard InChI is InChI=1S/C6H8O2S/c1-3-5-6-9(7,8)4-2/h3-6H,1-2H2. The van der Waals surface area contributed by atoms with E-state index < -0.39 is 9.84 Å². The lowest BCUT2D eigenvalue weighted by molar-refractivity contribution is 0.612. The van der Waals surface area contributed by atoms with E-state index in [4.69, 9.17) is 0 Å². The van der Waals surface area contributed by atoms with Gasteiger partial charge in [0.1, 0.15) is 0 Å². The van der Waals surface area contributed by atoms with Crippen LogP contribution in [0.5, 0.6) is 0 Å². The maximum atomic E-state index is 10.5. The molecule has 0 aromatic rings. The van der Waals surface area contributed by atoms with E-state index in [1.165, 1.54) is 12.2 Å². The average Bonchev–Trinajstić information content (AvgIpc) is 1.84. The lowest BCUT2D eigenvalue weighted by atomic mass is 10.6. The molecule has 0 aliphatic heterocycles. The van der Waals surface area contributed by atoms with Crippen LogP contribution in [0.25, 0.3) is 0 Å². The van der Waals surface area contributed by atoms with E-state index in [1.54, 1.807) is 0 Å². The maximum absolute atomic E-state index is 10.5. The van der Waals surface area contributed by atoms with E-state index in [9.17, 15) is 8.42 Å². The third-order valence-electron chi connectivity index (χ3n) is 0.637. The molecule has 0 fully saturated rings. The van der Waals surface area contributed by atoms with E-state index >= 15 is 0 Å². The molecule has 0 aromatic heterocycles.